The monoisotopic (exact) mass is 679 g/mol. The first-order chi connectivity index (χ1) is 25.8. The molecule has 10 aromatic rings. The van der Waals surface area contributed by atoms with E-state index in [9.17, 15) is 0 Å². The van der Waals surface area contributed by atoms with Crippen molar-refractivity contribution in [3.8, 4) is 33.4 Å². The maximum Gasteiger partial charge on any atom is 0.0554 e. The van der Waals surface area contributed by atoms with Crippen molar-refractivity contribution in [2.24, 2.45) is 0 Å². The van der Waals surface area contributed by atoms with E-state index in [2.05, 4.69) is 205 Å². The highest BCUT2D eigenvalue weighted by molar-refractivity contribution is 7.26. The van der Waals surface area contributed by atoms with Gasteiger partial charge in [0.15, 0.2) is 0 Å². The van der Waals surface area contributed by atoms with Gasteiger partial charge in [-0.15, -0.1) is 11.3 Å². The molecule has 1 heterocycles. The predicted molar refractivity (Wildman–Crippen MR) is 225 cm³/mol. The number of rotatable bonds is 6. The summed E-state index contributed by atoms with van der Waals surface area (Å²) >= 11 is 1.86. The minimum atomic E-state index is 1.12. The van der Waals surface area contributed by atoms with Gasteiger partial charge in [-0.05, 0) is 110 Å². The van der Waals surface area contributed by atoms with Crippen LogP contribution in [0, 0.1) is 0 Å². The zero-order valence-electron chi connectivity index (χ0n) is 28.4. The molecular weight excluding hydrogens is 647 g/mol. The minimum absolute atomic E-state index is 1.12. The minimum Gasteiger partial charge on any atom is -0.310 e. The number of anilines is 3. The van der Waals surface area contributed by atoms with Crippen LogP contribution < -0.4 is 4.90 Å². The summed E-state index contributed by atoms with van der Waals surface area (Å²) in [4.78, 5) is 2.42. The van der Waals surface area contributed by atoms with Gasteiger partial charge in [-0.25, -0.2) is 0 Å². The molecule has 0 saturated carbocycles. The summed E-state index contributed by atoms with van der Waals surface area (Å²) in [5, 5.41) is 7.60. The third kappa shape index (κ3) is 5.33. The van der Waals surface area contributed by atoms with Crippen LogP contribution in [0.2, 0.25) is 0 Å². The second kappa shape index (κ2) is 12.7. The van der Waals surface area contributed by atoms with Crippen molar-refractivity contribution in [2.45, 2.75) is 0 Å². The number of fused-ring (bicyclic) bond motifs is 5. The standard InChI is InChI=1S/C50H33NS/c1-2-11-37(12-3-1)44-16-8-14-38-21-23-41(33-46(38)44)36-26-30-43(31-27-36)51(47-17-9-19-49-50(47)45-15-6-7-18-48(45)52-49)42-28-24-35(25-29-42)40-22-20-34-10-4-5-13-39(34)32-40/h1-33H. The third-order valence-electron chi connectivity index (χ3n) is 10.3. The SMILES string of the molecule is c1ccc(-c2cccc3ccc(-c4ccc(N(c5ccc(-c6ccc7ccccc7c6)cc5)c5cccc6sc7ccccc7c56)cc4)cc23)cc1. The van der Waals surface area contributed by atoms with E-state index in [-0.39, 0.29) is 0 Å². The Bertz CT molecular complexity index is 2890. The third-order valence-corrected chi connectivity index (χ3v) is 11.4. The van der Waals surface area contributed by atoms with E-state index in [0.29, 0.717) is 0 Å². The van der Waals surface area contributed by atoms with Crippen LogP contribution in [-0.2, 0) is 0 Å². The maximum absolute atomic E-state index is 2.42. The largest absolute Gasteiger partial charge is 0.310 e. The van der Waals surface area contributed by atoms with Crippen molar-refractivity contribution >= 4 is 70.1 Å². The lowest BCUT2D eigenvalue weighted by Crippen LogP contribution is -2.10. The molecule has 0 unspecified atom stereocenters. The van der Waals surface area contributed by atoms with E-state index in [4.69, 9.17) is 0 Å². The van der Waals surface area contributed by atoms with Gasteiger partial charge in [0, 0.05) is 31.5 Å². The molecule has 0 N–H and O–H groups in total. The van der Waals surface area contributed by atoms with E-state index in [0.717, 1.165) is 11.4 Å². The Kier molecular flexibility index (Phi) is 7.41. The summed E-state index contributed by atoms with van der Waals surface area (Å²) in [6.45, 7) is 0. The molecule has 0 saturated heterocycles. The number of benzene rings is 9. The van der Waals surface area contributed by atoms with Gasteiger partial charge in [-0.1, -0.05) is 146 Å². The normalized spacial score (nSPS) is 11.5. The predicted octanol–water partition coefficient (Wildman–Crippen LogP) is 14.8. The molecule has 1 nitrogen and oxygen atoms in total. The number of hydrogen-bond donors (Lipinski definition) is 0. The molecule has 0 spiro atoms. The van der Waals surface area contributed by atoms with Crippen molar-refractivity contribution in [2.75, 3.05) is 4.90 Å². The van der Waals surface area contributed by atoms with Crippen molar-refractivity contribution < 1.29 is 0 Å². The molecular formula is C50H33NS. The zero-order valence-corrected chi connectivity index (χ0v) is 29.2. The summed E-state index contributed by atoms with van der Waals surface area (Å²) < 4.78 is 2.59. The highest BCUT2D eigenvalue weighted by Crippen LogP contribution is 2.45. The van der Waals surface area contributed by atoms with Gasteiger partial charge in [0.1, 0.15) is 0 Å². The Balaban J connectivity index is 1.08. The molecule has 0 aliphatic rings. The molecule has 0 radical (unpaired) electrons. The fraction of sp³-hybridized carbons (Fsp3) is 0. The Morgan fingerprint density at radius 1 is 0.327 bits per heavy atom. The van der Waals surface area contributed by atoms with Gasteiger partial charge in [0.25, 0.3) is 0 Å². The van der Waals surface area contributed by atoms with Crippen LogP contribution in [0.1, 0.15) is 0 Å². The first-order valence-corrected chi connectivity index (χ1v) is 18.6. The summed E-state index contributed by atoms with van der Waals surface area (Å²) in [5.41, 5.74) is 10.7. The molecule has 0 aliphatic heterocycles. The molecule has 2 heteroatoms. The Labute approximate surface area is 307 Å². The van der Waals surface area contributed by atoms with Crippen molar-refractivity contribution in [1.82, 2.24) is 0 Å². The van der Waals surface area contributed by atoms with Gasteiger partial charge < -0.3 is 4.90 Å². The molecule has 1 aromatic heterocycles. The van der Waals surface area contributed by atoms with Crippen LogP contribution in [0.5, 0.6) is 0 Å². The van der Waals surface area contributed by atoms with Crippen LogP contribution in [0.3, 0.4) is 0 Å². The summed E-state index contributed by atoms with van der Waals surface area (Å²) in [6.07, 6.45) is 0. The Morgan fingerprint density at radius 2 is 0.904 bits per heavy atom. The molecule has 10 rings (SSSR count). The molecule has 9 aromatic carbocycles. The summed E-state index contributed by atoms with van der Waals surface area (Å²) in [7, 11) is 0. The van der Waals surface area contributed by atoms with E-state index in [1.807, 2.05) is 11.3 Å². The van der Waals surface area contributed by atoms with Gasteiger partial charge in [-0.3, -0.25) is 0 Å². The average molecular weight is 680 g/mol. The molecule has 0 amide bonds. The Morgan fingerprint density at radius 3 is 1.67 bits per heavy atom. The van der Waals surface area contributed by atoms with Crippen LogP contribution in [0.25, 0.3) is 75.1 Å². The van der Waals surface area contributed by atoms with E-state index in [1.165, 1.54) is 80.8 Å². The van der Waals surface area contributed by atoms with Gasteiger partial charge in [0.05, 0.1) is 5.69 Å². The van der Waals surface area contributed by atoms with Gasteiger partial charge >= 0.3 is 0 Å². The molecule has 0 aliphatic carbocycles. The first kappa shape index (κ1) is 30.4. The van der Waals surface area contributed by atoms with Crippen molar-refractivity contribution in [3.63, 3.8) is 0 Å². The Hall–Kier alpha value is -6.48. The maximum atomic E-state index is 2.42. The summed E-state index contributed by atoms with van der Waals surface area (Å²) in [5.74, 6) is 0. The van der Waals surface area contributed by atoms with E-state index in [1.54, 1.807) is 0 Å². The number of thiophene rings is 1. The molecule has 244 valence electrons. The molecule has 0 fully saturated rings. The second-order valence-electron chi connectivity index (χ2n) is 13.3. The smallest absolute Gasteiger partial charge is 0.0554 e. The fourth-order valence-electron chi connectivity index (χ4n) is 7.67. The van der Waals surface area contributed by atoms with E-state index < -0.39 is 0 Å². The number of nitrogens with zero attached hydrogens (tertiary/aromatic N) is 1. The van der Waals surface area contributed by atoms with E-state index >= 15 is 0 Å². The topological polar surface area (TPSA) is 3.24 Å². The zero-order chi connectivity index (χ0) is 34.4. The molecule has 0 atom stereocenters. The lowest BCUT2D eigenvalue weighted by atomic mass is 9.95. The average Bonchev–Trinajstić information content (AvgIpc) is 3.61. The molecule has 0 bridgehead atoms. The summed E-state index contributed by atoms with van der Waals surface area (Å²) in [6, 6.07) is 73.0. The van der Waals surface area contributed by atoms with Crippen LogP contribution in [0.15, 0.2) is 200 Å². The van der Waals surface area contributed by atoms with Gasteiger partial charge in [-0.2, -0.15) is 0 Å². The van der Waals surface area contributed by atoms with Crippen LogP contribution >= 0.6 is 11.3 Å². The van der Waals surface area contributed by atoms with Gasteiger partial charge in [0.2, 0.25) is 0 Å². The molecule has 52 heavy (non-hydrogen) atoms. The van der Waals surface area contributed by atoms with Crippen molar-refractivity contribution in [3.05, 3.63) is 200 Å². The fourth-order valence-corrected chi connectivity index (χ4v) is 8.79. The lowest BCUT2D eigenvalue weighted by Gasteiger charge is -2.27. The highest BCUT2D eigenvalue weighted by Gasteiger charge is 2.19. The van der Waals surface area contributed by atoms with Crippen LogP contribution in [0.4, 0.5) is 17.1 Å². The highest BCUT2D eigenvalue weighted by atomic mass is 32.1. The second-order valence-corrected chi connectivity index (χ2v) is 14.4. The lowest BCUT2D eigenvalue weighted by molar-refractivity contribution is 1.30. The quantitative estimate of drug-likeness (QED) is 0.169. The van der Waals surface area contributed by atoms with Crippen molar-refractivity contribution in [1.29, 1.82) is 0 Å². The first-order valence-electron chi connectivity index (χ1n) is 17.8. The van der Waals surface area contributed by atoms with Crippen LogP contribution in [-0.4, -0.2) is 0 Å². The number of hydrogen-bond acceptors (Lipinski definition) is 2.